The highest BCUT2D eigenvalue weighted by atomic mass is 79.9. The van der Waals surface area contributed by atoms with Gasteiger partial charge in [-0.1, -0.05) is 33.3 Å². The number of rotatable bonds is 8. The van der Waals surface area contributed by atoms with E-state index in [2.05, 4.69) is 26.0 Å². The smallest absolute Gasteiger partial charge is 0.280 e. The predicted octanol–water partition coefficient (Wildman–Crippen LogP) is 5.77. The first-order valence-corrected chi connectivity index (χ1v) is 12.0. The molecule has 8 nitrogen and oxygen atoms in total. The average molecular weight is 556 g/mol. The van der Waals surface area contributed by atoms with Gasteiger partial charge in [-0.3, -0.25) is 4.79 Å². The topological polar surface area (TPSA) is 82.5 Å². The maximum Gasteiger partial charge on any atom is 0.280 e. The summed E-state index contributed by atoms with van der Waals surface area (Å²) in [5.74, 6) is 1.63. The molecule has 0 spiro atoms. The van der Waals surface area contributed by atoms with Crippen LogP contribution >= 0.6 is 27.3 Å². The largest absolute Gasteiger partial charge is 0.497 e. The van der Waals surface area contributed by atoms with Gasteiger partial charge in [0.05, 0.1) is 44.9 Å². The number of amides is 1. The van der Waals surface area contributed by atoms with E-state index in [9.17, 15) is 4.79 Å². The number of hydrazone groups is 1. The van der Waals surface area contributed by atoms with Gasteiger partial charge in [-0.25, -0.2) is 4.98 Å². The number of halogens is 1. The van der Waals surface area contributed by atoms with Crippen LogP contribution in [-0.4, -0.2) is 45.5 Å². The number of hydrogen-bond donors (Lipinski definition) is 0. The first-order chi connectivity index (χ1) is 17.0. The summed E-state index contributed by atoms with van der Waals surface area (Å²) in [5, 5.41) is 6.22. The number of benzene rings is 3. The fourth-order valence-electron chi connectivity index (χ4n) is 3.34. The third-order valence-electron chi connectivity index (χ3n) is 5.04. The van der Waals surface area contributed by atoms with Crippen LogP contribution in [0.15, 0.2) is 64.2 Å². The number of carbonyl (C=O) groups is 1. The molecule has 0 fully saturated rings. The number of thiazole rings is 1. The molecule has 0 N–H and O–H groups in total. The lowest BCUT2D eigenvalue weighted by Crippen LogP contribution is -2.25. The number of anilines is 1. The van der Waals surface area contributed by atoms with Crippen molar-refractivity contribution < 1.29 is 23.7 Å². The Kier molecular flexibility index (Phi) is 7.52. The van der Waals surface area contributed by atoms with Crippen molar-refractivity contribution in [1.29, 1.82) is 0 Å². The van der Waals surface area contributed by atoms with E-state index in [0.717, 1.165) is 14.7 Å². The first kappa shape index (κ1) is 24.5. The van der Waals surface area contributed by atoms with Gasteiger partial charge in [-0.05, 0) is 48.5 Å². The molecule has 10 heteroatoms. The Labute approximate surface area is 214 Å². The van der Waals surface area contributed by atoms with Crippen LogP contribution < -0.4 is 24.0 Å². The van der Waals surface area contributed by atoms with Gasteiger partial charge in [0.15, 0.2) is 11.5 Å². The first-order valence-electron chi connectivity index (χ1n) is 10.4. The van der Waals surface area contributed by atoms with E-state index in [-0.39, 0.29) is 5.91 Å². The second-order valence-electron chi connectivity index (χ2n) is 7.16. The van der Waals surface area contributed by atoms with E-state index < -0.39 is 0 Å². The zero-order chi connectivity index (χ0) is 24.9. The molecule has 0 aliphatic carbocycles. The molecule has 0 saturated carbocycles. The van der Waals surface area contributed by atoms with E-state index in [1.54, 1.807) is 49.7 Å². The van der Waals surface area contributed by atoms with Crippen molar-refractivity contribution in [2.75, 3.05) is 33.4 Å². The second kappa shape index (κ2) is 10.7. The van der Waals surface area contributed by atoms with Gasteiger partial charge in [0.2, 0.25) is 10.9 Å². The third-order valence-corrected chi connectivity index (χ3v) is 6.53. The number of ether oxygens (including phenoxy) is 4. The van der Waals surface area contributed by atoms with Gasteiger partial charge >= 0.3 is 0 Å². The zero-order valence-electron chi connectivity index (χ0n) is 19.4. The number of hydrogen-bond acceptors (Lipinski definition) is 8. The molecule has 3 aromatic carbocycles. The molecule has 35 heavy (non-hydrogen) atoms. The molecule has 0 radical (unpaired) electrons. The summed E-state index contributed by atoms with van der Waals surface area (Å²) >= 11 is 4.84. The van der Waals surface area contributed by atoms with Crippen LogP contribution in [0, 0.1) is 0 Å². The van der Waals surface area contributed by atoms with Gasteiger partial charge in [0.25, 0.3) is 5.91 Å². The number of carbonyl (C=O) groups excluding carboxylic acids is 1. The fourth-order valence-corrected chi connectivity index (χ4v) is 4.82. The molecule has 0 bridgehead atoms. The summed E-state index contributed by atoms with van der Waals surface area (Å²) < 4.78 is 23.4. The second-order valence-corrected chi connectivity index (χ2v) is 9.09. The van der Waals surface area contributed by atoms with Gasteiger partial charge in [0, 0.05) is 15.6 Å². The Balaban J connectivity index is 1.79. The van der Waals surface area contributed by atoms with Crippen molar-refractivity contribution in [3.8, 4) is 23.0 Å². The molecule has 4 aromatic rings. The Hall–Kier alpha value is -3.63. The standard InChI is InChI=1S/C25H22BrN3O5S/c1-31-18-7-5-6-16(12-18)24(30)29(25-28-19-9-8-17(26)13-22(19)35-25)27-14-15-10-20(32-2)23(34-4)21(11-15)33-3/h5-14H,1-4H3/b27-14+. The summed E-state index contributed by atoms with van der Waals surface area (Å²) in [6, 6.07) is 16.1. The van der Waals surface area contributed by atoms with Gasteiger partial charge in [-0.15, -0.1) is 0 Å². The van der Waals surface area contributed by atoms with E-state index in [1.165, 1.54) is 37.7 Å². The number of aromatic nitrogens is 1. The highest BCUT2D eigenvalue weighted by Crippen LogP contribution is 2.38. The molecule has 4 rings (SSSR count). The minimum atomic E-state index is -0.356. The van der Waals surface area contributed by atoms with Crippen LogP contribution in [0.5, 0.6) is 23.0 Å². The van der Waals surface area contributed by atoms with Crippen LogP contribution in [0.25, 0.3) is 10.2 Å². The maximum absolute atomic E-state index is 13.6. The molecule has 0 saturated heterocycles. The minimum Gasteiger partial charge on any atom is -0.497 e. The summed E-state index contributed by atoms with van der Waals surface area (Å²) in [5.41, 5.74) is 1.82. The van der Waals surface area contributed by atoms with E-state index in [1.807, 2.05) is 18.2 Å². The fraction of sp³-hybridized carbons (Fsp3) is 0.160. The third kappa shape index (κ3) is 5.23. The molecule has 0 atom stereocenters. The molecule has 0 aliphatic rings. The quantitative estimate of drug-likeness (QED) is 0.202. The lowest BCUT2D eigenvalue weighted by atomic mass is 10.2. The molecular formula is C25H22BrN3O5S. The summed E-state index contributed by atoms with van der Waals surface area (Å²) in [7, 11) is 6.16. The van der Waals surface area contributed by atoms with Crippen molar-refractivity contribution >= 4 is 54.7 Å². The van der Waals surface area contributed by atoms with Crippen molar-refractivity contribution in [3.05, 3.63) is 70.2 Å². The lowest BCUT2D eigenvalue weighted by molar-refractivity contribution is 0.0987. The van der Waals surface area contributed by atoms with Gasteiger partial charge in [0.1, 0.15) is 5.75 Å². The van der Waals surface area contributed by atoms with Crippen molar-refractivity contribution in [2.24, 2.45) is 5.10 Å². The zero-order valence-corrected chi connectivity index (χ0v) is 21.8. The Morgan fingerprint density at radius 2 is 1.71 bits per heavy atom. The van der Waals surface area contributed by atoms with Crippen LogP contribution in [0.3, 0.4) is 0 Å². The summed E-state index contributed by atoms with van der Waals surface area (Å²) in [6.07, 6.45) is 1.55. The number of methoxy groups -OCH3 is 4. The number of nitrogens with zero attached hydrogens (tertiary/aromatic N) is 3. The molecule has 0 aliphatic heterocycles. The molecule has 1 aromatic heterocycles. The molecule has 0 unspecified atom stereocenters. The molecule has 180 valence electrons. The summed E-state index contributed by atoms with van der Waals surface area (Å²) in [4.78, 5) is 18.2. The van der Waals surface area contributed by atoms with Crippen LogP contribution in [-0.2, 0) is 0 Å². The Morgan fingerprint density at radius 3 is 2.37 bits per heavy atom. The Bertz CT molecular complexity index is 1380. The van der Waals surface area contributed by atoms with Gasteiger partial charge in [-0.2, -0.15) is 10.1 Å². The predicted molar refractivity (Wildman–Crippen MR) is 141 cm³/mol. The van der Waals surface area contributed by atoms with Crippen LogP contribution in [0.2, 0.25) is 0 Å². The summed E-state index contributed by atoms with van der Waals surface area (Å²) in [6.45, 7) is 0. The number of fused-ring (bicyclic) bond motifs is 1. The lowest BCUT2D eigenvalue weighted by Gasteiger charge is -2.15. The van der Waals surface area contributed by atoms with Crippen molar-refractivity contribution in [2.45, 2.75) is 0 Å². The average Bonchev–Trinajstić information content (AvgIpc) is 3.30. The minimum absolute atomic E-state index is 0.356. The monoisotopic (exact) mass is 555 g/mol. The van der Waals surface area contributed by atoms with Crippen LogP contribution in [0.4, 0.5) is 5.13 Å². The van der Waals surface area contributed by atoms with Crippen molar-refractivity contribution in [1.82, 2.24) is 4.98 Å². The SMILES string of the molecule is COc1cccc(C(=O)N(/N=C/c2cc(OC)c(OC)c(OC)c2)c2nc3ccc(Br)cc3s2)c1. The molecule has 1 heterocycles. The highest BCUT2D eigenvalue weighted by Gasteiger charge is 2.22. The van der Waals surface area contributed by atoms with E-state index >= 15 is 0 Å². The van der Waals surface area contributed by atoms with E-state index in [0.29, 0.717) is 39.3 Å². The van der Waals surface area contributed by atoms with Gasteiger partial charge < -0.3 is 18.9 Å². The maximum atomic E-state index is 13.6. The van der Waals surface area contributed by atoms with Crippen LogP contribution in [0.1, 0.15) is 15.9 Å². The van der Waals surface area contributed by atoms with E-state index in [4.69, 9.17) is 18.9 Å². The highest BCUT2D eigenvalue weighted by molar-refractivity contribution is 9.10. The molecular weight excluding hydrogens is 534 g/mol. The Morgan fingerprint density at radius 1 is 0.971 bits per heavy atom. The normalized spacial score (nSPS) is 11.0. The molecule has 1 amide bonds. The van der Waals surface area contributed by atoms with Crippen molar-refractivity contribution in [3.63, 3.8) is 0 Å².